The van der Waals surface area contributed by atoms with Crippen LogP contribution in [0.25, 0.3) is 11.3 Å². The minimum Gasteiger partial charge on any atom is -0.360 e. The van der Waals surface area contributed by atoms with Crippen LogP contribution in [0.2, 0.25) is 0 Å². The third-order valence-electron chi connectivity index (χ3n) is 6.17. The summed E-state index contributed by atoms with van der Waals surface area (Å²) in [6.45, 7) is 2.44. The Kier molecular flexibility index (Phi) is 3.55. The highest BCUT2D eigenvalue weighted by atomic mass is 16.5. The van der Waals surface area contributed by atoms with Crippen LogP contribution < -0.4 is 5.32 Å². The van der Waals surface area contributed by atoms with Crippen molar-refractivity contribution >= 4 is 17.6 Å². The lowest BCUT2D eigenvalue weighted by molar-refractivity contribution is -0.134. The van der Waals surface area contributed by atoms with Crippen LogP contribution in [0, 0.1) is 18.8 Å². The summed E-state index contributed by atoms with van der Waals surface area (Å²) in [5.41, 5.74) is 2.06. The SMILES string of the molecule is Cc1c(-c2ccccc2)nn(C)c1NC(=O)C1C2C=C[C@@]3(CN(C)C(=O)C13)O2. The maximum atomic E-state index is 13.2. The third kappa shape index (κ3) is 2.22. The molecule has 1 spiro atoms. The van der Waals surface area contributed by atoms with Crippen LogP contribution in [0.4, 0.5) is 5.82 Å². The van der Waals surface area contributed by atoms with Crippen LogP contribution in [-0.2, 0) is 21.4 Å². The Labute approximate surface area is 163 Å². The van der Waals surface area contributed by atoms with Gasteiger partial charge in [0.1, 0.15) is 11.4 Å². The average Bonchev–Trinajstić information content (AvgIpc) is 3.38. The summed E-state index contributed by atoms with van der Waals surface area (Å²) in [5.74, 6) is -0.579. The second-order valence-corrected chi connectivity index (χ2v) is 7.90. The quantitative estimate of drug-likeness (QED) is 0.826. The van der Waals surface area contributed by atoms with E-state index in [2.05, 4.69) is 10.4 Å². The van der Waals surface area contributed by atoms with Gasteiger partial charge in [-0.05, 0) is 6.92 Å². The highest BCUT2D eigenvalue weighted by molar-refractivity contribution is 5.99. The minimum absolute atomic E-state index is 0.0290. The number of aryl methyl sites for hydroxylation is 1. The highest BCUT2D eigenvalue weighted by Gasteiger charge is 2.66. The first-order chi connectivity index (χ1) is 13.4. The van der Waals surface area contributed by atoms with E-state index in [1.807, 2.05) is 56.5 Å². The average molecular weight is 378 g/mol. The van der Waals surface area contributed by atoms with E-state index in [0.717, 1.165) is 16.8 Å². The number of hydrogen-bond donors (Lipinski definition) is 1. The normalized spacial score (nSPS) is 30.2. The van der Waals surface area contributed by atoms with Crippen molar-refractivity contribution in [3.8, 4) is 11.3 Å². The van der Waals surface area contributed by atoms with Crippen molar-refractivity contribution < 1.29 is 14.3 Å². The minimum atomic E-state index is -0.658. The zero-order valence-corrected chi connectivity index (χ0v) is 16.0. The maximum Gasteiger partial charge on any atom is 0.232 e. The van der Waals surface area contributed by atoms with Crippen molar-refractivity contribution in [3.05, 3.63) is 48.0 Å². The lowest BCUT2D eigenvalue weighted by Gasteiger charge is -2.23. The number of ether oxygens (including phenoxy) is 1. The monoisotopic (exact) mass is 378 g/mol. The lowest BCUT2D eigenvalue weighted by atomic mass is 9.77. The van der Waals surface area contributed by atoms with Crippen molar-refractivity contribution in [2.75, 3.05) is 18.9 Å². The van der Waals surface area contributed by atoms with Gasteiger partial charge in [-0.25, -0.2) is 0 Å². The summed E-state index contributed by atoms with van der Waals surface area (Å²) in [7, 11) is 3.56. The molecule has 0 aliphatic carbocycles. The number of rotatable bonds is 3. The van der Waals surface area contributed by atoms with Gasteiger partial charge in [0.2, 0.25) is 11.8 Å². The second-order valence-electron chi connectivity index (χ2n) is 7.90. The summed E-state index contributed by atoms with van der Waals surface area (Å²) in [4.78, 5) is 27.5. The van der Waals surface area contributed by atoms with E-state index >= 15 is 0 Å². The molecule has 1 aromatic heterocycles. The van der Waals surface area contributed by atoms with E-state index in [4.69, 9.17) is 4.74 Å². The number of nitrogens with one attached hydrogen (secondary N) is 1. The number of hydrogen-bond acceptors (Lipinski definition) is 4. The van der Waals surface area contributed by atoms with Crippen LogP contribution in [0.1, 0.15) is 5.56 Å². The second kappa shape index (κ2) is 5.78. The molecule has 4 heterocycles. The molecule has 2 fully saturated rings. The summed E-state index contributed by atoms with van der Waals surface area (Å²) in [5, 5.41) is 7.60. The molecule has 7 heteroatoms. The van der Waals surface area contributed by atoms with Gasteiger partial charge in [0.05, 0.1) is 30.2 Å². The molecule has 7 nitrogen and oxygen atoms in total. The van der Waals surface area contributed by atoms with Crippen molar-refractivity contribution in [1.29, 1.82) is 0 Å². The predicted octanol–water partition coefficient (Wildman–Crippen LogP) is 1.75. The first-order valence-corrected chi connectivity index (χ1v) is 9.43. The Bertz CT molecular complexity index is 1010. The van der Waals surface area contributed by atoms with Gasteiger partial charge in [-0.2, -0.15) is 5.10 Å². The maximum absolute atomic E-state index is 13.2. The zero-order chi connectivity index (χ0) is 19.6. The zero-order valence-electron chi connectivity index (χ0n) is 16.0. The van der Waals surface area contributed by atoms with Crippen molar-refractivity contribution in [3.63, 3.8) is 0 Å². The molecule has 0 saturated carbocycles. The van der Waals surface area contributed by atoms with Gasteiger partial charge in [-0.3, -0.25) is 14.3 Å². The first-order valence-electron chi connectivity index (χ1n) is 9.43. The Morgan fingerprint density at radius 1 is 1.29 bits per heavy atom. The molecule has 5 rings (SSSR count). The van der Waals surface area contributed by atoms with Gasteiger partial charge in [0.15, 0.2) is 0 Å². The Hall–Kier alpha value is -2.93. The van der Waals surface area contributed by atoms with E-state index in [9.17, 15) is 9.59 Å². The van der Waals surface area contributed by atoms with Gasteiger partial charge < -0.3 is 15.0 Å². The number of carbonyl (C=O) groups excluding carboxylic acids is 2. The molecule has 3 unspecified atom stereocenters. The van der Waals surface area contributed by atoms with E-state index in [1.54, 1.807) is 16.6 Å². The molecular formula is C21H22N4O3. The summed E-state index contributed by atoms with van der Waals surface area (Å²) >= 11 is 0. The molecule has 28 heavy (non-hydrogen) atoms. The van der Waals surface area contributed by atoms with Crippen molar-refractivity contribution in [2.24, 2.45) is 18.9 Å². The number of anilines is 1. The topological polar surface area (TPSA) is 76.5 Å². The van der Waals surface area contributed by atoms with Crippen LogP contribution in [0.5, 0.6) is 0 Å². The number of aromatic nitrogens is 2. The van der Waals surface area contributed by atoms with Crippen LogP contribution in [0.3, 0.4) is 0 Å². The number of likely N-dealkylation sites (tertiary alicyclic amines) is 1. The molecule has 2 aromatic rings. The molecule has 1 N–H and O–H groups in total. The van der Waals surface area contributed by atoms with Gasteiger partial charge in [0.25, 0.3) is 0 Å². The summed E-state index contributed by atoms with van der Waals surface area (Å²) < 4.78 is 7.75. The Balaban J connectivity index is 1.45. The largest absolute Gasteiger partial charge is 0.360 e. The predicted molar refractivity (Wildman–Crippen MR) is 103 cm³/mol. The summed E-state index contributed by atoms with van der Waals surface area (Å²) in [6, 6.07) is 9.86. The van der Waals surface area contributed by atoms with E-state index in [1.165, 1.54) is 0 Å². The number of fused-ring (bicyclic) bond motifs is 1. The number of nitrogens with zero attached hydrogens (tertiary/aromatic N) is 3. The van der Waals surface area contributed by atoms with E-state index in [0.29, 0.717) is 12.4 Å². The van der Waals surface area contributed by atoms with Crippen molar-refractivity contribution in [2.45, 2.75) is 18.6 Å². The van der Waals surface area contributed by atoms with Gasteiger partial charge in [0, 0.05) is 25.2 Å². The van der Waals surface area contributed by atoms with E-state index in [-0.39, 0.29) is 17.9 Å². The fraction of sp³-hybridized carbons (Fsp3) is 0.381. The van der Waals surface area contributed by atoms with E-state index < -0.39 is 17.4 Å². The Morgan fingerprint density at radius 2 is 2.04 bits per heavy atom. The fourth-order valence-electron chi connectivity index (χ4n) is 4.87. The standard InChI is InChI=1S/C21H22N4O3/c1-12-17(13-7-5-4-6-8-13)23-25(3)18(12)22-19(26)15-14-9-10-21(28-14)11-24(2)20(27)16(15)21/h4-10,14-16H,11H2,1-3H3,(H,22,26)/t14?,15?,16?,21-/m0/s1. The molecule has 2 amide bonds. The lowest BCUT2D eigenvalue weighted by Crippen LogP contribution is -2.41. The number of likely N-dealkylation sites (N-methyl/N-ethyl adjacent to an activating group) is 1. The number of carbonyl (C=O) groups is 2. The molecule has 144 valence electrons. The highest BCUT2D eigenvalue weighted by Crippen LogP contribution is 2.51. The molecule has 1 aromatic carbocycles. The fourth-order valence-corrected chi connectivity index (χ4v) is 4.87. The molecule has 4 atom stereocenters. The van der Waals surface area contributed by atoms with Crippen LogP contribution in [0.15, 0.2) is 42.5 Å². The Morgan fingerprint density at radius 3 is 2.79 bits per heavy atom. The third-order valence-corrected chi connectivity index (χ3v) is 6.17. The molecule has 0 radical (unpaired) electrons. The van der Waals surface area contributed by atoms with Crippen molar-refractivity contribution in [1.82, 2.24) is 14.7 Å². The smallest absolute Gasteiger partial charge is 0.232 e. The van der Waals surface area contributed by atoms with Gasteiger partial charge in [-0.1, -0.05) is 42.5 Å². The molecule has 2 saturated heterocycles. The number of amides is 2. The molecule has 3 aliphatic rings. The molecular weight excluding hydrogens is 356 g/mol. The molecule has 2 bridgehead atoms. The summed E-state index contributed by atoms with van der Waals surface area (Å²) in [6.07, 6.45) is 3.51. The molecule has 3 aliphatic heterocycles. The first kappa shape index (κ1) is 17.2. The number of benzene rings is 1. The van der Waals surface area contributed by atoms with Gasteiger partial charge in [-0.15, -0.1) is 0 Å². The van der Waals surface area contributed by atoms with Gasteiger partial charge >= 0.3 is 0 Å². The van der Waals surface area contributed by atoms with Crippen LogP contribution >= 0.6 is 0 Å². The van der Waals surface area contributed by atoms with Crippen LogP contribution in [-0.4, -0.2) is 51.8 Å².